The molecular weight excluding hydrogens is 198 g/mol. The molecule has 1 aliphatic rings. The summed E-state index contributed by atoms with van der Waals surface area (Å²) in [5, 5.41) is 0. The number of fused-ring (bicyclic) bond motifs is 1. The van der Waals surface area contributed by atoms with Crippen LogP contribution in [-0.4, -0.2) is 17.7 Å². The molecule has 0 saturated carbocycles. The lowest BCUT2D eigenvalue weighted by Gasteiger charge is -2.31. The van der Waals surface area contributed by atoms with Gasteiger partial charge in [0.25, 0.3) is 0 Å². The first-order valence-electron chi connectivity index (χ1n) is 5.73. The molecule has 0 aliphatic carbocycles. The Kier molecular flexibility index (Phi) is 3.09. The van der Waals surface area contributed by atoms with Crippen molar-refractivity contribution in [3.05, 3.63) is 41.6 Å². The van der Waals surface area contributed by atoms with Gasteiger partial charge in [0.2, 0.25) is 0 Å². The Labute approximate surface area is 96.6 Å². The zero-order valence-electron chi connectivity index (χ0n) is 9.81. The molecule has 1 aromatic rings. The smallest absolute Gasteiger partial charge is 0.135 e. The summed E-state index contributed by atoms with van der Waals surface area (Å²) in [6, 6.07) is 8.49. The normalized spacial score (nSPS) is 18.4. The Morgan fingerprint density at radius 2 is 2.12 bits per heavy atom. The molecule has 84 valence electrons. The predicted octanol–water partition coefficient (Wildman–Crippen LogP) is 3.01. The molecule has 2 heteroatoms. The number of hydrogen-bond donors (Lipinski definition) is 0. The van der Waals surface area contributed by atoms with Gasteiger partial charge < -0.3 is 4.90 Å². The van der Waals surface area contributed by atoms with Gasteiger partial charge in [-0.05, 0) is 23.4 Å². The third kappa shape index (κ3) is 2.01. The Bertz CT molecular complexity index is 422. The van der Waals surface area contributed by atoms with Crippen molar-refractivity contribution in [2.75, 3.05) is 7.05 Å². The second-order valence-electron chi connectivity index (χ2n) is 4.22. The van der Waals surface area contributed by atoms with E-state index in [4.69, 9.17) is 0 Å². The van der Waals surface area contributed by atoms with Crippen molar-refractivity contribution in [3.63, 3.8) is 0 Å². The van der Waals surface area contributed by atoms with Gasteiger partial charge in [-0.15, -0.1) is 0 Å². The summed E-state index contributed by atoms with van der Waals surface area (Å²) in [6.45, 7) is 1.92. The van der Waals surface area contributed by atoms with Crippen LogP contribution in [0.2, 0.25) is 0 Å². The van der Waals surface area contributed by atoms with Crippen LogP contribution in [0.5, 0.6) is 0 Å². The monoisotopic (exact) mass is 215 g/mol. The van der Waals surface area contributed by atoms with Gasteiger partial charge in [0.05, 0.1) is 6.04 Å². The lowest BCUT2D eigenvalue weighted by Crippen LogP contribution is -2.24. The molecule has 16 heavy (non-hydrogen) atoms. The van der Waals surface area contributed by atoms with Crippen LogP contribution in [0.25, 0.3) is 6.08 Å². The summed E-state index contributed by atoms with van der Waals surface area (Å²) in [6.07, 6.45) is 5.38. The van der Waals surface area contributed by atoms with Gasteiger partial charge in [0, 0.05) is 19.9 Å². The number of carbonyl (C=O) groups is 1. The topological polar surface area (TPSA) is 20.3 Å². The molecular formula is C14H17NO. The number of carbonyl (C=O) groups excluding carboxylic acids is 1. The van der Waals surface area contributed by atoms with E-state index in [0.717, 1.165) is 0 Å². The Balaban J connectivity index is 2.30. The van der Waals surface area contributed by atoms with Gasteiger partial charge in [-0.3, -0.25) is 4.79 Å². The van der Waals surface area contributed by atoms with Crippen LogP contribution in [0.3, 0.4) is 0 Å². The van der Waals surface area contributed by atoms with Crippen LogP contribution in [0.15, 0.2) is 30.5 Å². The average Bonchev–Trinajstić information content (AvgIpc) is 2.32. The number of nitrogens with zero attached hydrogens (tertiary/aromatic N) is 1. The van der Waals surface area contributed by atoms with Crippen LogP contribution >= 0.6 is 0 Å². The molecule has 2 rings (SSSR count). The van der Waals surface area contributed by atoms with E-state index in [9.17, 15) is 4.79 Å². The molecule has 0 aromatic heterocycles. The third-order valence-corrected chi connectivity index (χ3v) is 3.15. The Morgan fingerprint density at radius 1 is 1.38 bits per heavy atom. The standard InChI is InChI=1S/C14H17NO/c1-3-12(16)10-14-13-7-5-4-6-11(13)8-9-15(14)2/h4-9,14H,3,10H2,1-2H3. The van der Waals surface area contributed by atoms with E-state index in [-0.39, 0.29) is 6.04 Å². The molecule has 0 fully saturated rings. The highest BCUT2D eigenvalue weighted by atomic mass is 16.1. The Hall–Kier alpha value is -1.57. The van der Waals surface area contributed by atoms with Gasteiger partial charge in [-0.2, -0.15) is 0 Å². The van der Waals surface area contributed by atoms with Gasteiger partial charge in [0.1, 0.15) is 5.78 Å². The molecule has 2 nitrogen and oxygen atoms in total. The Morgan fingerprint density at radius 3 is 2.88 bits per heavy atom. The predicted molar refractivity (Wildman–Crippen MR) is 65.9 cm³/mol. The van der Waals surface area contributed by atoms with Gasteiger partial charge in [-0.25, -0.2) is 0 Å². The fourth-order valence-electron chi connectivity index (χ4n) is 2.10. The molecule has 0 saturated heterocycles. The number of rotatable bonds is 3. The molecule has 1 unspecified atom stereocenters. The maximum Gasteiger partial charge on any atom is 0.135 e. The fraction of sp³-hybridized carbons (Fsp3) is 0.357. The molecule has 0 spiro atoms. The van der Waals surface area contributed by atoms with Crippen LogP contribution in [0.1, 0.15) is 36.9 Å². The second-order valence-corrected chi connectivity index (χ2v) is 4.22. The highest BCUT2D eigenvalue weighted by Crippen LogP contribution is 2.31. The summed E-state index contributed by atoms with van der Waals surface area (Å²) in [5.74, 6) is 0.321. The molecule has 0 amide bonds. The van der Waals surface area contributed by atoms with Crippen LogP contribution < -0.4 is 0 Å². The highest BCUT2D eigenvalue weighted by Gasteiger charge is 2.22. The van der Waals surface area contributed by atoms with Gasteiger partial charge in [-0.1, -0.05) is 31.2 Å². The number of hydrogen-bond acceptors (Lipinski definition) is 2. The minimum absolute atomic E-state index is 0.202. The lowest BCUT2D eigenvalue weighted by molar-refractivity contribution is -0.119. The SMILES string of the molecule is CCC(=O)CC1c2ccccc2C=CN1C. The first-order chi connectivity index (χ1) is 7.72. The minimum Gasteiger partial charge on any atom is -0.373 e. The van der Waals surface area contributed by atoms with E-state index >= 15 is 0 Å². The molecule has 1 aliphatic heterocycles. The van der Waals surface area contributed by atoms with E-state index < -0.39 is 0 Å². The molecule has 0 N–H and O–H groups in total. The van der Waals surface area contributed by atoms with Crippen molar-refractivity contribution in [3.8, 4) is 0 Å². The van der Waals surface area contributed by atoms with E-state index in [1.165, 1.54) is 11.1 Å². The summed E-state index contributed by atoms with van der Waals surface area (Å²) in [7, 11) is 2.03. The number of ketones is 1. The summed E-state index contributed by atoms with van der Waals surface area (Å²) >= 11 is 0. The zero-order chi connectivity index (χ0) is 11.5. The third-order valence-electron chi connectivity index (χ3n) is 3.15. The van der Waals surface area contributed by atoms with E-state index in [1.54, 1.807) is 0 Å². The summed E-state index contributed by atoms with van der Waals surface area (Å²) < 4.78 is 0. The summed E-state index contributed by atoms with van der Waals surface area (Å²) in [4.78, 5) is 13.7. The highest BCUT2D eigenvalue weighted by molar-refractivity contribution is 5.79. The summed E-state index contributed by atoms with van der Waals surface area (Å²) in [5.41, 5.74) is 2.49. The lowest BCUT2D eigenvalue weighted by atomic mass is 9.92. The second kappa shape index (κ2) is 4.52. The van der Waals surface area contributed by atoms with Crippen molar-refractivity contribution in [1.29, 1.82) is 0 Å². The van der Waals surface area contributed by atoms with E-state index in [0.29, 0.717) is 18.6 Å². The maximum absolute atomic E-state index is 11.6. The number of Topliss-reactive ketones (excluding diaryl/α,β-unsaturated/α-hetero) is 1. The first-order valence-corrected chi connectivity index (χ1v) is 5.73. The van der Waals surface area contributed by atoms with Gasteiger partial charge in [0.15, 0.2) is 0 Å². The zero-order valence-corrected chi connectivity index (χ0v) is 9.81. The largest absolute Gasteiger partial charge is 0.373 e. The van der Waals surface area contributed by atoms with Crippen LogP contribution in [-0.2, 0) is 4.79 Å². The average molecular weight is 215 g/mol. The maximum atomic E-state index is 11.6. The van der Waals surface area contributed by atoms with Crippen molar-refractivity contribution in [2.45, 2.75) is 25.8 Å². The fourth-order valence-corrected chi connectivity index (χ4v) is 2.10. The molecule has 1 aromatic carbocycles. The van der Waals surface area contributed by atoms with Crippen LogP contribution in [0, 0.1) is 0 Å². The van der Waals surface area contributed by atoms with Gasteiger partial charge >= 0.3 is 0 Å². The van der Waals surface area contributed by atoms with Crippen molar-refractivity contribution in [1.82, 2.24) is 4.90 Å². The molecule has 0 radical (unpaired) electrons. The van der Waals surface area contributed by atoms with Crippen molar-refractivity contribution >= 4 is 11.9 Å². The van der Waals surface area contributed by atoms with Crippen molar-refractivity contribution < 1.29 is 4.79 Å². The quantitative estimate of drug-likeness (QED) is 0.772. The van der Waals surface area contributed by atoms with E-state index in [1.807, 2.05) is 26.1 Å². The van der Waals surface area contributed by atoms with Crippen LogP contribution in [0.4, 0.5) is 0 Å². The molecule has 0 bridgehead atoms. The first kappa shape index (κ1) is 10.9. The molecule has 1 heterocycles. The minimum atomic E-state index is 0.202. The van der Waals surface area contributed by atoms with E-state index in [2.05, 4.69) is 29.3 Å². The molecule has 1 atom stereocenters. The van der Waals surface area contributed by atoms with Crippen molar-refractivity contribution in [2.24, 2.45) is 0 Å². The number of benzene rings is 1.